The number of nitrogens with zero attached hydrogens (tertiary/aromatic N) is 1. The number of rotatable bonds is 12. The Hall–Kier alpha value is -4.05. The Balaban J connectivity index is 1.14. The lowest BCUT2D eigenvalue weighted by atomic mass is 9.89. The van der Waals surface area contributed by atoms with Crippen LogP contribution in [0.3, 0.4) is 0 Å². The second kappa shape index (κ2) is 16.4. The maximum atomic E-state index is 12.4. The number of carbonyl (C=O) groups excluding carboxylic acids is 1. The quantitative estimate of drug-likeness (QED) is 0.157. The highest BCUT2D eigenvalue weighted by Gasteiger charge is 2.40. The molecule has 2 saturated heterocycles. The molecule has 0 aromatic heterocycles. The second-order valence-electron chi connectivity index (χ2n) is 12.9. The van der Waals surface area contributed by atoms with Gasteiger partial charge in [0.15, 0.2) is 6.29 Å². The summed E-state index contributed by atoms with van der Waals surface area (Å²) in [4.78, 5) is 14.9. The van der Waals surface area contributed by atoms with E-state index in [9.17, 15) is 9.90 Å². The molecule has 6 rings (SSSR count). The summed E-state index contributed by atoms with van der Waals surface area (Å²) in [5, 5.41) is 15.5. The van der Waals surface area contributed by atoms with Gasteiger partial charge in [-0.3, -0.25) is 4.90 Å². The molecule has 8 nitrogen and oxygen atoms in total. The number of urea groups is 1. The molecule has 0 aliphatic carbocycles. The Morgan fingerprint density at radius 3 is 2.27 bits per heavy atom. The summed E-state index contributed by atoms with van der Waals surface area (Å²) in [6.45, 7) is 5.74. The summed E-state index contributed by atoms with van der Waals surface area (Å²) in [6.07, 6.45) is 1.61. The minimum atomic E-state index is -0.517. The van der Waals surface area contributed by atoms with E-state index in [-0.39, 0.29) is 30.8 Å². The largest absolute Gasteiger partial charge is 0.392 e. The van der Waals surface area contributed by atoms with Gasteiger partial charge in [0.05, 0.1) is 25.4 Å². The van der Waals surface area contributed by atoms with Crippen molar-refractivity contribution in [2.75, 3.05) is 26.8 Å². The summed E-state index contributed by atoms with van der Waals surface area (Å²) in [5.74, 6) is 0.126. The Morgan fingerprint density at radius 1 is 0.833 bits per heavy atom. The average Bonchev–Trinajstić information content (AvgIpc) is 3.57. The van der Waals surface area contributed by atoms with Crippen LogP contribution in [0.15, 0.2) is 103 Å². The van der Waals surface area contributed by atoms with Gasteiger partial charge in [-0.1, -0.05) is 104 Å². The van der Waals surface area contributed by atoms with Crippen LogP contribution in [-0.2, 0) is 33.9 Å². The fraction of sp³-hybridized carbons (Fsp3) is 0.375. The molecule has 4 aromatic rings. The molecule has 2 amide bonds. The van der Waals surface area contributed by atoms with Gasteiger partial charge in [0.25, 0.3) is 0 Å². The van der Waals surface area contributed by atoms with Gasteiger partial charge < -0.3 is 30.0 Å². The van der Waals surface area contributed by atoms with Gasteiger partial charge in [0.2, 0.25) is 0 Å². The van der Waals surface area contributed by atoms with Crippen molar-refractivity contribution < 1.29 is 24.1 Å². The highest BCUT2D eigenvalue weighted by Crippen LogP contribution is 2.42. The first-order valence-corrected chi connectivity index (χ1v) is 17.0. The highest BCUT2D eigenvalue weighted by molar-refractivity contribution is 5.74. The molecule has 5 atom stereocenters. The molecule has 2 aliphatic rings. The zero-order chi connectivity index (χ0) is 33.3. The molecule has 2 heterocycles. The predicted molar refractivity (Wildman–Crippen MR) is 187 cm³/mol. The summed E-state index contributed by atoms with van der Waals surface area (Å²) in [6, 6.07) is 34.7. The molecular weight excluding hydrogens is 602 g/mol. The molecule has 0 spiro atoms. The predicted octanol–water partition coefficient (Wildman–Crippen LogP) is 6.75. The van der Waals surface area contributed by atoms with E-state index in [1.807, 2.05) is 54.6 Å². The number of methoxy groups -OCH3 is 1. The van der Waals surface area contributed by atoms with Crippen molar-refractivity contribution >= 4 is 6.03 Å². The van der Waals surface area contributed by atoms with E-state index in [2.05, 4.69) is 71.0 Å². The zero-order valence-corrected chi connectivity index (χ0v) is 27.9. The summed E-state index contributed by atoms with van der Waals surface area (Å²) >= 11 is 0. The maximum Gasteiger partial charge on any atom is 0.315 e. The Kier molecular flexibility index (Phi) is 11.5. The topological polar surface area (TPSA) is 92.3 Å². The maximum absolute atomic E-state index is 12.4. The average molecular weight is 650 g/mol. The minimum Gasteiger partial charge on any atom is -0.392 e. The van der Waals surface area contributed by atoms with E-state index < -0.39 is 6.29 Å². The fourth-order valence-corrected chi connectivity index (χ4v) is 6.79. The molecule has 3 N–H and O–H groups in total. The fourth-order valence-electron chi connectivity index (χ4n) is 6.79. The van der Waals surface area contributed by atoms with Crippen molar-refractivity contribution in [3.63, 3.8) is 0 Å². The second-order valence-corrected chi connectivity index (χ2v) is 12.9. The van der Waals surface area contributed by atoms with Crippen LogP contribution in [0.5, 0.6) is 0 Å². The monoisotopic (exact) mass is 649 g/mol. The normalized spacial score (nSPS) is 22.8. The SMILES string of the molecule is COC[C@@H]1CCCN1C[C@@H]1O[C@H](c2ccc(-c3cccc(CNC(=O)NCc4ccccc4)c3)cc2)O[C@H](c2ccc(CO)cc2)[C@@H]1C. The Labute approximate surface area is 284 Å². The molecule has 252 valence electrons. The molecule has 0 radical (unpaired) electrons. The zero-order valence-electron chi connectivity index (χ0n) is 27.9. The molecule has 0 unspecified atom stereocenters. The van der Waals surface area contributed by atoms with Crippen LogP contribution in [-0.4, -0.2) is 55.0 Å². The van der Waals surface area contributed by atoms with Crippen LogP contribution in [0, 0.1) is 5.92 Å². The van der Waals surface area contributed by atoms with Crippen LogP contribution in [0.25, 0.3) is 11.1 Å². The van der Waals surface area contributed by atoms with Crippen LogP contribution in [0.1, 0.15) is 60.0 Å². The number of nitrogens with one attached hydrogen (secondary N) is 2. The van der Waals surface area contributed by atoms with E-state index in [4.69, 9.17) is 14.2 Å². The van der Waals surface area contributed by atoms with Crippen molar-refractivity contribution in [1.29, 1.82) is 0 Å². The summed E-state index contributed by atoms with van der Waals surface area (Å²) in [7, 11) is 1.77. The molecule has 48 heavy (non-hydrogen) atoms. The third-order valence-electron chi connectivity index (χ3n) is 9.59. The van der Waals surface area contributed by atoms with Crippen molar-refractivity contribution in [2.45, 2.75) is 64.0 Å². The van der Waals surface area contributed by atoms with E-state index >= 15 is 0 Å². The Morgan fingerprint density at radius 2 is 1.54 bits per heavy atom. The van der Waals surface area contributed by atoms with Gasteiger partial charge in [-0.2, -0.15) is 0 Å². The number of hydrogen-bond donors (Lipinski definition) is 3. The molecule has 2 aliphatic heterocycles. The van der Waals surface area contributed by atoms with Crippen molar-refractivity contribution in [3.05, 3.63) is 131 Å². The number of carbonyl (C=O) groups is 1. The van der Waals surface area contributed by atoms with E-state index in [1.54, 1.807) is 7.11 Å². The number of aliphatic hydroxyl groups is 1. The van der Waals surface area contributed by atoms with Gasteiger partial charge in [0, 0.05) is 44.3 Å². The Bertz CT molecular complexity index is 1600. The van der Waals surface area contributed by atoms with Crippen LogP contribution in [0.2, 0.25) is 0 Å². The number of aliphatic hydroxyl groups excluding tert-OH is 1. The van der Waals surface area contributed by atoms with Gasteiger partial charge in [0.1, 0.15) is 0 Å². The minimum absolute atomic E-state index is 0.0153. The lowest BCUT2D eigenvalue weighted by Crippen LogP contribution is -2.46. The number of amides is 2. The van der Waals surface area contributed by atoms with Crippen molar-refractivity contribution in [2.24, 2.45) is 5.92 Å². The first-order valence-electron chi connectivity index (χ1n) is 17.0. The number of hydrogen-bond acceptors (Lipinski definition) is 6. The number of likely N-dealkylation sites (tertiary alicyclic amines) is 1. The first kappa shape index (κ1) is 33.8. The standard InChI is InChI=1S/C40H47N3O5/c1-28-37(25-43-21-7-12-36(43)27-46-2)47-39(48-38(28)33-15-13-30(26-44)14-16-33)34-19-17-32(18-20-34)35-11-6-10-31(22-35)24-42-40(45)41-23-29-8-4-3-5-9-29/h3-6,8-11,13-20,22,28,36-39,44H,7,12,21,23-27H2,1-2H3,(H2,41,42,45)/t28-,36+,37+,38+,39+/m1/s1. The third kappa shape index (κ3) is 8.50. The van der Waals surface area contributed by atoms with Crippen molar-refractivity contribution in [1.82, 2.24) is 15.5 Å². The van der Waals surface area contributed by atoms with Crippen LogP contribution >= 0.6 is 0 Å². The van der Waals surface area contributed by atoms with Crippen molar-refractivity contribution in [3.8, 4) is 11.1 Å². The van der Waals surface area contributed by atoms with Crippen LogP contribution < -0.4 is 10.6 Å². The number of ether oxygens (including phenoxy) is 3. The van der Waals surface area contributed by atoms with Gasteiger partial charge in [-0.15, -0.1) is 0 Å². The van der Waals surface area contributed by atoms with E-state index in [0.29, 0.717) is 19.1 Å². The van der Waals surface area contributed by atoms with Gasteiger partial charge in [-0.05, 0) is 58.8 Å². The van der Waals surface area contributed by atoms with Gasteiger partial charge >= 0.3 is 6.03 Å². The lowest BCUT2D eigenvalue weighted by molar-refractivity contribution is -0.276. The van der Waals surface area contributed by atoms with Gasteiger partial charge in [-0.25, -0.2) is 4.79 Å². The lowest BCUT2D eigenvalue weighted by Gasteiger charge is -2.43. The smallest absolute Gasteiger partial charge is 0.315 e. The summed E-state index contributed by atoms with van der Waals surface area (Å²) in [5.41, 5.74) is 7.16. The van der Waals surface area contributed by atoms with E-state index in [1.165, 1.54) is 6.42 Å². The third-order valence-corrected chi connectivity index (χ3v) is 9.59. The molecule has 0 saturated carbocycles. The molecule has 8 heteroatoms. The van der Waals surface area contributed by atoms with E-state index in [0.717, 1.165) is 65.1 Å². The first-order chi connectivity index (χ1) is 23.5. The molecule has 4 aromatic carbocycles. The highest BCUT2D eigenvalue weighted by atomic mass is 16.7. The summed E-state index contributed by atoms with van der Waals surface area (Å²) < 4.78 is 19.0. The van der Waals surface area contributed by atoms with Crippen LogP contribution in [0.4, 0.5) is 4.79 Å². The molecule has 2 fully saturated rings. The number of benzene rings is 4. The molecule has 0 bridgehead atoms. The molecular formula is C40H47N3O5.